The highest BCUT2D eigenvalue weighted by Gasteiger charge is 2.38. The van der Waals surface area contributed by atoms with Gasteiger partial charge in [-0.15, -0.1) is 0 Å². The van der Waals surface area contributed by atoms with Crippen molar-refractivity contribution in [2.24, 2.45) is 5.73 Å². The zero-order valence-electron chi connectivity index (χ0n) is 22.2. The van der Waals surface area contributed by atoms with Gasteiger partial charge in [-0.3, -0.25) is 5.41 Å². The lowest BCUT2D eigenvalue weighted by atomic mass is 10.1. The van der Waals surface area contributed by atoms with Crippen LogP contribution in [0.1, 0.15) is 35.9 Å². The van der Waals surface area contributed by atoms with Crippen LogP contribution in [-0.2, 0) is 17.4 Å². The van der Waals surface area contributed by atoms with Gasteiger partial charge in [0, 0.05) is 18.5 Å². The predicted octanol–water partition coefficient (Wildman–Crippen LogP) is 6.19. The van der Waals surface area contributed by atoms with E-state index in [1.54, 1.807) is 4.90 Å². The summed E-state index contributed by atoms with van der Waals surface area (Å²) in [5.74, 6) is -1.16. The third kappa shape index (κ3) is 7.93. The monoisotopic (exact) mass is 609 g/mol. The molecule has 9 nitrogen and oxygen atoms in total. The Balaban J connectivity index is 0.000000541. The first-order chi connectivity index (χ1) is 20.2. The maximum Gasteiger partial charge on any atom is 0.490 e. The smallest absolute Gasteiger partial charge is 0.490 e. The average molecular weight is 610 g/mol. The van der Waals surface area contributed by atoms with E-state index in [4.69, 9.17) is 30.3 Å². The molecule has 4 aromatic rings. The number of hydrogen-bond donors (Lipinski definition) is 3. The molecule has 43 heavy (non-hydrogen) atoms. The van der Waals surface area contributed by atoms with Gasteiger partial charge in [-0.25, -0.2) is 4.79 Å². The second kappa shape index (κ2) is 12.6. The minimum Gasteiger partial charge on any atom is -0.493 e. The van der Waals surface area contributed by atoms with Gasteiger partial charge < -0.3 is 25.0 Å². The van der Waals surface area contributed by atoms with Crippen molar-refractivity contribution in [1.82, 2.24) is 15.0 Å². The van der Waals surface area contributed by atoms with Crippen molar-refractivity contribution in [1.29, 1.82) is 5.41 Å². The molecular weight excluding hydrogens is 584 g/mol. The summed E-state index contributed by atoms with van der Waals surface area (Å²) in [6.07, 6.45) is -7.21. The van der Waals surface area contributed by atoms with E-state index in [1.165, 1.54) is 12.1 Å². The number of carboxylic acid groups (broad SMARTS) is 1. The molecule has 1 aliphatic heterocycles. The van der Waals surface area contributed by atoms with E-state index >= 15 is 0 Å². The van der Waals surface area contributed by atoms with Gasteiger partial charge in [-0.1, -0.05) is 35.5 Å². The Morgan fingerprint density at radius 1 is 1.05 bits per heavy atom. The standard InChI is InChI=1S/C26H24F3N5O2.C2HF3O2/c27-26(28,29)20-8-3-16(4-9-20)11-13-35-21-10-7-17-14-19(6-5-18(17)15-21)23-32-24(36-33-23)22-2-1-12-34(22)25(30)31;3-2(4,5)1(6)7/h3-10,14-15,22H,1-2,11-13H2,(H3,30,31);(H,6,7)/t22-;/m0./s1. The van der Waals surface area contributed by atoms with Gasteiger partial charge in [-0.2, -0.15) is 31.3 Å². The Morgan fingerprint density at radius 2 is 1.70 bits per heavy atom. The number of aromatic nitrogens is 2. The third-order valence-corrected chi connectivity index (χ3v) is 6.54. The molecular formula is C28H25F6N5O4. The van der Waals surface area contributed by atoms with Crippen LogP contribution < -0.4 is 10.5 Å². The van der Waals surface area contributed by atoms with Crippen molar-refractivity contribution in [2.75, 3.05) is 13.2 Å². The number of nitrogens with one attached hydrogen (secondary N) is 1. The molecule has 0 amide bonds. The third-order valence-electron chi connectivity index (χ3n) is 6.54. The molecule has 2 heterocycles. The first kappa shape index (κ1) is 31.1. The molecule has 1 saturated heterocycles. The van der Waals surface area contributed by atoms with Gasteiger partial charge in [0.1, 0.15) is 11.8 Å². The number of halogens is 6. The first-order valence-corrected chi connectivity index (χ1v) is 12.8. The summed E-state index contributed by atoms with van der Waals surface area (Å²) in [5, 5.41) is 20.9. The number of guanidine groups is 1. The zero-order valence-corrected chi connectivity index (χ0v) is 22.2. The SMILES string of the molecule is N=C(N)N1CCC[C@H]1c1nc(-c2ccc3cc(OCCc4ccc(C(F)(F)F)cc4)ccc3c2)no1.O=C(O)C(F)(F)F. The lowest BCUT2D eigenvalue weighted by Gasteiger charge is -2.21. The normalized spacial score (nSPS) is 15.2. The van der Waals surface area contributed by atoms with Gasteiger partial charge in [0.15, 0.2) is 5.96 Å². The molecule has 1 aromatic heterocycles. The number of likely N-dealkylation sites (tertiary alicyclic amines) is 1. The topological polar surface area (TPSA) is 139 Å². The van der Waals surface area contributed by atoms with Gasteiger partial charge in [0.25, 0.3) is 0 Å². The summed E-state index contributed by atoms with van der Waals surface area (Å²) in [6.45, 7) is 1.04. The molecule has 15 heteroatoms. The number of nitrogens with zero attached hydrogens (tertiary/aromatic N) is 3. The Hall–Kier alpha value is -4.82. The van der Waals surface area contributed by atoms with Crippen LogP contribution in [0.15, 0.2) is 65.2 Å². The molecule has 3 aromatic carbocycles. The minimum atomic E-state index is -5.08. The molecule has 4 N–H and O–H groups in total. The number of aliphatic carboxylic acids is 1. The number of carboxylic acids is 1. The second-order valence-corrected chi connectivity index (χ2v) is 9.51. The van der Waals surface area contributed by atoms with Crippen LogP contribution in [0.25, 0.3) is 22.2 Å². The molecule has 0 unspecified atom stereocenters. The second-order valence-electron chi connectivity index (χ2n) is 9.51. The van der Waals surface area contributed by atoms with Crippen molar-refractivity contribution in [3.63, 3.8) is 0 Å². The number of alkyl halides is 6. The highest BCUT2D eigenvalue weighted by atomic mass is 19.4. The van der Waals surface area contributed by atoms with Gasteiger partial charge in [-0.05, 0) is 59.5 Å². The fraction of sp³-hybridized carbons (Fsp3) is 0.286. The maximum absolute atomic E-state index is 12.7. The summed E-state index contributed by atoms with van der Waals surface area (Å²) >= 11 is 0. The van der Waals surface area contributed by atoms with Crippen LogP contribution in [0.2, 0.25) is 0 Å². The molecule has 1 aliphatic rings. The number of carbonyl (C=O) groups is 1. The molecule has 1 fully saturated rings. The van der Waals surface area contributed by atoms with E-state index < -0.39 is 23.9 Å². The Labute approximate surface area is 240 Å². The summed E-state index contributed by atoms with van der Waals surface area (Å²) in [4.78, 5) is 15.2. The summed E-state index contributed by atoms with van der Waals surface area (Å²) < 4.78 is 81.1. The summed E-state index contributed by atoms with van der Waals surface area (Å²) in [6, 6.07) is 16.5. The average Bonchev–Trinajstić information content (AvgIpc) is 3.63. The van der Waals surface area contributed by atoms with Crippen LogP contribution in [0, 0.1) is 5.41 Å². The van der Waals surface area contributed by atoms with Crippen LogP contribution in [-0.4, -0.2) is 51.4 Å². The lowest BCUT2D eigenvalue weighted by molar-refractivity contribution is -0.192. The van der Waals surface area contributed by atoms with Crippen molar-refractivity contribution >= 4 is 22.7 Å². The summed E-state index contributed by atoms with van der Waals surface area (Å²) in [5.41, 5.74) is 6.59. The highest BCUT2D eigenvalue weighted by Crippen LogP contribution is 2.33. The molecule has 0 saturated carbocycles. The number of fused-ring (bicyclic) bond motifs is 1. The summed E-state index contributed by atoms with van der Waals surface area (Å²) in [7, 11) is 0. The van der Waals surface area contributed by atoms with Crippen LogP contribution in [0.4, 0.5) is 26.3 Å². The van der Waals surface area contributed by atoms with Crippen molar-refractivity contribution in [3.8, 4) is 17.1 Å². The molecule has 0 bridgehead atoms. The Bertz CT molecular complexity index is 1590. The fourth-order valence-electron chi connectivity index (χ4n) is 4.40. The Kier molecular flexibility index (Phi) is 9.11. The molecule has 1 atom stereocenters. The minimum absolute atomic E-state index is 0.000313. The number of rotatable bonds is 6. The molecule has 0 radical (unpaired) electrons. The van der Waals surface area contributed by atoms with Crippen molar-refractivity contribution in [2.45, 2.75) is 37.7 Å². The van der Waals surface area contributed by atoms with Crippen molar-refractivity contribution in [3.05, 3.63) is 77.7 Å². The van der Waals surface area contributed by atoms with Crippen LogP contribution in [0.5, 0.6) is 5.75 Å². The maximum atomic E-state index is 12.7. The van der Waals surface area contributed by atoms with Gasteiger partial charge in [0.2, 0.25) is 11.7 Å². The van der Waals surface area contributed by atoms with E-state index in [2.05, 4.69) is 10.1 Å². The van der Waals surface area contributed by atoms with Crippen molar-refractivity contribution < 1.29 is 45.5 Å². The fourth-order valence-corrected chi connectivity index (χ4v) is 4.40. The molecule has 0 spiro atoms. The number of nitrogens with two attached hydrogens (primary N) is 1. The first-order valence-electron chi connectivity index (χ1n) is 12.8. The van der Waals surface area contributed by atoms with E-state index in [-0.39, 0.29) is 12.0 Å². The number of ether oxygens (including phenoxy) is 1. The zero-order chi connectivity index (χ0) is 31.4. The van der Waals surface area contributed by atoms with E-state index in [0.717, 1.165) is 46.9 Å². The van der Waals surface area contributed by atoms with Crippen LogP contribution in [0.3, 0.4) is 0 Å². The van der Waals surface area contributed by atoms with E-state index in [1.807, 2.05) is 36.4 Å². The molecule has 0 aliphatic carbocycles. The van der Waals surface area contributed by atoms with Gasteiger partial charge in [0.05, 0.1) is 12.2 Å². The van der Waals surface area contributed by atoms with E-state index in [0.29, 0.717) is 37.0 Å². The van der Waals surface area contributed by atoms with Crippen LogP contribution >= 0.6 is 0 Å². The van der Waals surface area contributed by atoms with E-state index in [9.17, 15) is 26.3 Å². The van der Waals surface area contributed by atoms with Gasteiger partial charge >= 0.3 is 18.3 Å². The molecule has 5 rings (SSSR count). The molecule has 228 valence electrons. The lowest BCUT2D eigenvalue weighted by Crippen LogP contribution is -2.35. The quantitative estimate of drug-likeness (QED) is 0.134. The highest BCUT2D eigenvalue weighted by molar-refractivity contribution is 5.87. The number of hydrogen-bond acceptors (Lipinski definition) is 6. The predicted molar refractivity (Wildman–Crippen MR) is 142 cm³/mol. The number of benzene rings is 3. The Morgan fingerprint density at radius 3 is 2.33 bits per heavy atom. The largest absolute Gasteiger partial charge is 0.493 e.